The molecular weight excluding hydrogens is 204 g/mol. The number of rotatable bonds is 4. The van der Waals surface area contributed by atoms with Crippen molar-refractivity contribution in [2.75, 3.05) is 7.11 Å². The summed E-state index contributed by atoms with van der Waals surface area (Å²) in [6.45, 7) is 3.90. The van der Waals surface area contributed by atoms with Crippen LogP contribution in [0.15, 0.2) is 24.3 Å². The van der Waals surface area contributed by atoms with Crippen LogP contribution in [0.3, 0.4) is 0 Å². The van der Waals surface area contributed by atoms with Crippen molar-refractivity contribution in [2.45, 2.75) is 20.3 Å². The Morgan fingerprint density at radius 1 is 1.50 bits per heavy atom. The molecule has 16 heavy (non-hydrogen) atoms. The third kappa shape index (κ3) is 2.86. The van der Waals surface area contributed by atoms with Gasteiger partial charge in [0.2, 0.25) is 0 Å². The van der Waals surface area contributed by atoms with Crippen LogP contribution in [0.1, 0.15) is 24.5 Å². The molecule has 1 rings (SSSR count). The highest BCUT2D eigenvalue weighted by molar-refractivity contribution is 5.91. The van der Waals surface area contributed by atoms with Crippen LogP contribution < -0.4 is 4.74 Å². The van der Waals surface area contributed by atoms with E-state index in [1.165, 1.54) is 6.08 Å². The van der Waals surface area contributed by atoms with Crippen molar-refractivity contribution in [1.29, 1.82) is 0 Å². The number of hydrogen-bond acceptors (Lipinski definition) is 2. The average Bonchev–Trinajstić information content (AvgIpc) is 2.25. The monoisotopic (exact) mass is 220 g/mol. The van der Waals surface area contributed by atoms with Crippen LogP contribution in [-0.2, 0) is 4.79 Å². The summed E-state index contributed by atoms with van der Waals surface area (Å²) in [5.74, 6) is -0.222. The van der Waals surface area contributed by atoms with Crippen LogP contribution in [0.5, 0.6) is 5.75 Å². The Morgan fingerprint density at radius 2 is 2.19 bits per heavy atom. The summed E-state index contributed by atoms with van der Waals surface area (Å²) < 4.78 is 5.23. The molecular formula is C13H16O3. The lowest BCUT2D eigenvalue weighted by atomic mass is 10.00. The summed E-state index contributed by atoms with van der Waals surface area (Å²) in [5, 5.41) is 8.79. The maximum Gasteiger partial charge on any atom is 0.328 e. The van der Waals surface area contributed by atoms with Crippen molar-refractivity contribution in [3.8, 4) is 5.75 Å². The molecule has 1 aromatic carbocycles. The van der Waals surface area contributed by atoms with Gasteiger partial charge >= 0.3 is 5.97 Å². The Hall–Kier alpha value is -1.77. The van der Waals surface area contributed by atoms with Crippen LogP contribution in [0.4, 0.5) is 0 Å². The van der Waals surface area contributed by atoms with E-state index in [9.17, 15) is 4.79 Å². The molecule has 0 spiro atoms. The number of carbonyl (C=O) groups is 1. The van der Waals surface area contributed by atoms with Crippen molar-refractivity contribution in [3.63, 3.8) is 0 Å². The number of carboxylic acids is 1. The predicted molar refractivity (Wildman–Crippen MR) is 63.6 cm³/mol. The molecule has 0 unspecified atom stereocenters. The van der Waals surface area contributed by atoms with Crippen molar-refractivity contribution in [3.05, 3.63) is 35.4 Å². The molecule has 3 nitrogen and oxygen atoms in total. The molecule has 1 N–H and O–H groups in total. The number of hydrogen-bond donors (Lipinski definition) is 1. The predicted octanol–water partition coefficient (Wildman–Crippen LogP) is 2.88. The zero-order valence-corrected chi connectivity index (χ0v) is 9.78. The van der Waals surface area contributed by atoms with E-state index in [0.717, 1.165) is 16.7 Å². The number of allylic oxidation sites excluding steroid dienone is 1. The molecule has 0 bridgehead atoms. The second kappa shape index (κ2) is 5.35. The lowest BCUT2D eigenvalue weighted by Gasteiger charge is -2.11. The van der Waals surface area contributed by atoms with Gasteiger partial charge in [0.15, 0.2) is 0 Å². The first-order valence-corrected chi connectivity index (χ1v) is 5.17. The normalized spacial score (nSPS) is 11.3. The van der Waals surface area contributed by atoms with Crippen LogP contribution in [0, 0.1) is 6.92 Å². The standard InChI is InChI=1S/C13H16O3/c1-4-10(8-13(14)15)11-7-9(2)5-6-12(11)16-3/h5-8H,4H2,1-3H3,(H,14,15)/b10-8+. The van der Waals surface area contributed by atoms with Crippen LogP contribution in [-0.4, -0.2) is 18.2 Å². The molecule has 1 aromatic rings. The van der Waals surface area contributed by atoms with Crippen molar-refractivity contribution >= 4 is 11.5 Å². The van der Waals surface area contributed by atoms with Gasteiger partial charge in [-0.2, -0.15) is 0 Å². The van der Waals surface area contributed by atoms with Gasteiger partial charge < -0.3 is 9.84 Å². The average molecular weight is 220 g/mol. The summed E-state index contributed by atoms with van der Waals surface area (Å²) in [6, 6.07) is 5.74. The first kappa shape index (κ1) is 12.3. The SMILES string of the molecule is CC/C(=C\C(=O)O)c1cc(C)ccc1OC. The molecule has 0 atom stereocenters. The Labute approximate surface area is 95.4 Å². The molecule has 0 aliphatic carbocycles. The van der Waals surface area contributed by atoms with Crippen molar-refractivity contribution in [2.24, 2.45) is 0 Å². The number of aliphatic carboxylic acids is 1. The van der Waals surface area contributed by atoms with Gasteiger partial charge in [0.05, 0.1) is 7.11 Å². The van der Waals surface area contributed by atoms with E-state index in [-0.39, 0.29) is 0 Å². The zero-order chi connectivity index (χ0) is 12.1. The summed E-state index contributed by atoms with van der Waals surface area (Å²) in [4.78, 5) is 10.7. The first-order valence-electron chi connectivity index (χ1n) is 5.17. The van der Waals surface area contributed by atoms with E-state index in [2.05, 4.69) is 0 Å². The highest BCUT2D eigenvalue weighted by atomic mass is 16.5. The first-order chi connectivity index (χ1) is 7.58. The molecule has 86 valence electrons. The molecule has 0 fully saturated rings. The Balaban J connectivity index is 3.28. The van der Waals surface area contributed by atoms with Crippen molar-refractivity contribution in [1.82, 2.24) is 0 Å². The minimum absolute atomic E-state index is 0.659. The molecule has 0 aliphatic heterocycles. The van der Waals surface area contributed by atoms with Gasteiger partial charge in [-0.15, -0.1) is 0 Å². The second-order valence-electron chi connectivity index (χ2n) is 3.57. The highest BCUT2D eigenvalue weighted by Crippen LogP contribution is 2.28. The van der Waals surface area contributed by atoms with Gasteiger partial charge in [0.25, 0.3) is 0 Å². The highest BCUT2D eigenvalue weighted by Gasteiger charge is 2.08. The van der Waals surface area contributed by atoms with Crippen molar-refractivity contribution < 1.29 is 14.6 Å². The molecule has 0 aliphatic rings. The number of methoxy groups -OCH3 is 1. The van der Waals surface area contributed by atoms with E-state index >= 15 is 0 Å². The van der Waals surface area contributed by atoms with Gasteiger partial charge in [-0.3, -0.25) is 0 Å². The Bertz CT molecular complexity index is 419. The maximum absolute atomic E-state index is 10.7. The maximum atomic E-state index is 10.7. The Morgan fingerprint density at radius 3 is 2.69 bits per heavy atom. The van der Waals surface area contributed by atoms with Crippen LogP contribution in [0.2, 0.25) is 0 Å². The lowest BCUT2D eigenvalue weighted by molar-refractivity contribution is -0.131. The summed E-state index contributed by atoms with van der Waals surface area (Å²) >= 11 is 0. The van der Waals surface area contributed by atoms with Gasteiger partial charge in [0, 0.05) is 11.6 Å². The van der Waals surface area contributed by atoms with E-state index in [4.69, 9.17) is 9.84 Å². The smallest absolute Gasteiger partial charge is 0.328 e. The molecule has 0 saturated carbocycles. The van der Waals surface area contributed by atoms with Gasteiger partial charge in [0.1, 0.15) is 5.75 Å². The quantitative estimate of drug-likeness (QED) is 0.793. The summed E-state index contributed by atoms with van der Waals surface area (Å²) in [6.07, 6.45) is 1.89. The number of carboxylic acid groups (broad SMARTS) is 1. The minimum atomic E-state index is -0.930. The fraction of sp³-hybridized carbons (Fsp3) is 0.308. The Kier molecular flexibility index (Phi) is 4.11. The van der Waals surface area contributed by atoms with Gasteiger partial charge in [-0.05, 0) is 31.1 Å². The zero-order valence-electron chi connectivity index (χ0n) is 9.78. The van der Waals surface area contributed by atoms with E-state index in [1.807, 2.05) is 32.0 Å². The molecule has 0 radical (unpaired) electrons. The lowest BCUT2D eigenvalue weighted by Crippen LogP contribution is -1.96. The number of ether oxygens (including phenoxy) is 1. The molecule has 3 heteroatoms. The minimum Gasteiger partial charge on any atom is -0.496 e. The molecule has 0 heterocycles. The van der Waals surface area contributed by atoms with Crippen LogP contribution >= 0.6 is 0 Å². The summed E-state index contributed by atoms with van der Waals surface area (Å²) in [7, 11) is 1.59. The number of benzene rings is 1. The van der Waals surface area contributed by atoms with E-state index in [0.29, 0.717) is 12.2 Å². The second-order valence-corrected chi connectivity index (χ2v) is 3.57. The molecule has 0 saturated heterocycles. The third-order valence-electron chi connectivity index (χ3n) is 2.38. The van der Waals surface area contributed by atoms with Gasteiger partial charge in [-0.25, -0.2) is 4.79 Å². The molecule has 0 amide bonds. The summed E-state index contributed by atoms with van der Waals surface area (Å²) in [5.41, 5.74) is 2.71. The topological polar surface area (TPSA) is 46.5 Å². The largest absolute Gasteiger partial charge is 0.496 e. The number of aryl methyl sites for hydroxylation is 1. The van der Waals surface area contributed by atoms with Crippen LogP contribution in [0.25, 0.3) is 5.57 Å². The van der Waals surface area contributed by atoms with E-state index in [1.54, 1.807) is 7.11 Å². The fourth-order valence-electron chi connectivity index (χ4n) is 1.59. The van der Waals surface area contributed by atoms with E-state index < -0.39 is 5.97 Å². The third-order valence-corrected chi connectivity index (χ3v) is 2.38. The fourth-order valence-corrected chi connectivity index (χ4v) is 1.59. The molecule has 0 aromatic heterocycles. The van der Waals surface area contributed by atoms with Gasteiger partial charge in [-0.1, -0.05) is 18.6 Å².